The van der Waals surface area contributed by atoms with Crippen LogP contribution in [-0.4, -0.2) is 40.6 Å². The predicted molar refractivity (Wildman–Crippen MR) is 95.5 cm³/mol. The Hall–Kier alpha value is -2.56. The first-order chi connectivity index (χ1) is 12.0. The Labute approximate surface area is 147 Å². The molecule has 0 saturated carbocycles. The first kappa shape index (κ1) is 17.3. The third-order valence-electron chi connectivity index (χ3n) is 4.93. The summed E-state index contributed by atoms with van der Waals surface area (Å²) in [6, 6.07) is 10.8. The fourth-order valence-corrected chi connectivity index (χ4v) is 3.61. The highest BCUT2D eigenvalue weighted by molar-refractivity contribution is 6.01. The molecule has 1 N–H and O–H groups in total. The number of aromatic hydroxyl groups is 1. The van der Waals surface area contributed by atoms with Crippen molar-refractivity contribution < 1.29 is 19.4 Å². The highest BCUT2D eigenvalue weighted by Gasteiger charge is 2.29. The van der Waals surface area contributed by atoms with E-state index in [2.05, 4.69) is 0 Å². The number of nitrogens with zero attached hydrogens (tertiary/aromatic N) is 1. The lowest BCUT2D eigenvalue weighted by Crippen LogP contribution is -2.49. The number of likely N-dealkylation sites (tertiary alicyclic amines) is 1. The number of hydrogen-bond donors (Lipinski definition) is 1. The Morgan fingerprint density at radius 1 is 1.12 bits per heavy atom. The second-order valence-corrected chi connectivity index (χ2v) is 6.69. The van der Waals surface area contributed by atoms with Gasteiger partial charge >= 0.3 is 5.97 Å². The number of ether oxygens (including phenoxy) is 1. The molecule has 0 aliphatic carbocycles. The summed E-state index contributed by atoms with van der Waals surface area (Å²) >= 11 is 0. The molecule has 0 radical (unpaired) electrons. The fraction of sp³-hybridized carbons (Fsp3) is 0.400. The third-order valence-corrected chi connectivity index (χ3v) is 4.93. The minimum absolute atomic E-state index is 0.0752. The summed E-state index contributed by atoms with van der Waals surface area (Å²) in [5, 5.41) is 11.7. The summed E-state index contributed by atoms with van der Waals surface area (Å²) in [6.45, 7) is 3.73. The third kappa shape index (κ3) is 3.45. The van der Waals surface area contributed by atoms with Crippen LogP contribution in [0.5, 0.6) is 5.75 Å². The standard InChI is InChI=1S/C20H23NO4/c1-13-6-5-7-14(2)21(13)18(22)12-25-20(24)17-11-10-15-8-3-4-9-16(15)19(17)23/h3-4,8-11,13-14,23H,5-7,12H2,1-2H3/t13-,14+. The smallest absolute Gasteiger partial charge is 0.342 e. The lowest BCUT2D eigenvalue weighted by Gasteiger charge is -2.38. The van der Waals surface area contributed by atoms with E-state index in [0.717, 1.165) is 24.6 Å². The number of carbonyl (C=O) groups excluding carboxylic acids is 2. The molecule has 1 aliphatic rings. The number of fused-ring (bicyclic) bond motifs is 1. The summed E-state index contributed by atoms with van der Waals surface area (Å²) in [5.74, 6) is -0.988. The van der Waals surface area contributed by atoms with E-state index in [-0.39, 0.29) is 35.9 Å². The molecule has 0 aromatic heterocycles. The largest absolute Gasteiger partial charge is 0.506 e. The number of rotatable bonds is 3. The quantitative estimate of drug-likeness (QED) is 0.868. The van der Waals surface area contributed by atoms with Gasteiger partial charge in [-0.1, -0.05) is 30.3 Å². The van der Waals surface area contributed by atoms with E-state index in [4.69, 9.17) is 4.74 Å². The second-order valence-electron chi connectivity index (χ2n) is 6.69. The molecule has 0 unspecified atom stereocenters. The number of amides is 1. The predicted octanol–water partition coefficient (Wildman–Crippen LogP) is 3.49. The van der Waals surface area contributed by atoms with Crippen molar-refractivity contribution in [2.24, 2.45) is 0 Å². The summed E-state index contributed by atoms with van der Waals surface area (Å²) in [4.78, 5) is 26.5. The zero-order valence-corrected chi connectivity index (χ0v) is 14.6. The second kappa shape index (κ2) is 7.13. The zero-order valence-electron chi connectivity index (χ0n) is 14.6. The van der Waals surface area contributed by atoms with Crippen LogP contribution < -0.4 is 0 Å². The van der Waals surface area contributed by atoms with Crippen LogP contribution in [0.15, 0.2) is 36.4 Å². The van der Waals surface area contributed by atoms with E-state index in [1.54, 1.807) is 23.1 Å². The Morgan fingerprint density at radius 2 is 1.80 bits per heavy atom. The van der Waals surface area contributed by atoms with E-state index >= 15 is 0 Å². The summed E-state index contributed by atoms with van der Waals surface area (Å²) in [6.07, 6.45) is 3.04. The lowest BCUT2D eigenvalue weighted by atomic mass is 9.97. The molecular formula is C20H23NO4. The van der Waals surface area contributed by atoms with Crippen molar-refractivity contribution in [3.8, 4) is 5.75 Å². The minimum Gasteiger partial charge on any atom is -0.506 e. The van der Waals surface area contributed by atoms with Crippen LogP contribution in [0.3, 0.4) is 0 Å². The van der Waals surface area contributed by atoms with Crippen molar-refractivity contribution >= 4 is 22.6 Å². The van der Waals surface area contributed by atoms with Crippen molar-refractivity contribution in [1.29, 1.82) is 0 Å². The molecule has 1 aliphatic heterocycles. The number of phenols is 1. The van der Waals surface area contributed by atoms with E-state index in [1.165, 1.54) is 6.07 Å². The van der Waals surface area contributed by atoms with Crippen molar-refractivity contribution in [3.05, 3.63) is 42.0 Å². The van der Waals surface area contributed by atoms with Gasteiger partial charge in [-0.15, -0.1) is 0 Å². The number of benzene rings is 2. The fourth-order valence-electron chi connectivity index (χ4n) is 3.61. The van der Waals surface area contributed by atoms with Gasteiger partial charge in [-0.2, -0.15) is 0 Å². The van der Waals surface area contributed by atoms with Crippen molar-refractivity contribution in [3.63, 3.8) is 0 Å². The molecule has 25 heavy (non-hydrogen) atoms. The Kier molecular flexibility index (Phi) is 4.93. The van der Waals surface area contributed by atoms with Crippen molar-refractivity contribution in [1.82, 2.24) is 4.90 Å². The van der Waals surface area contributed by atoms with Gasteiger partial charge in [-0.05, 0) is 44.6 Å². The highest BCUT2D eigenvalue weighted by Crippen LogP contribution is 2.29. The molecule has 2 atom stereocenters. The van der Waals surface area contributed by atoms with Gasteiger partial charge in [0.15, 0.2) is 6.61 Å². The minimum atomic E-state index is -0.686. The number of piperidine rings is 1. The van der Waals surface area contributed by atoms with Crippen LogP contribution in [0.25, 0.3) is 10.8 Å². The van der Waals surface area contributed by atoms with E-state index in [1.807, 2.05) is 26.0 Å². The van der Waals surface area contributed by atoms with Gasteiger partial charge in [-0.25, -0.2) is 4.79 Å². The molecule has 5 nitrogen and oxygen atoms in total. The van der Waals surface area contributed by atoms with E-state index in [9.17, 15) is 14.7 Å². The van der Waals surface area contributed by atoms with Gasteiger partial charge in [0.2, 0.25) is 0 Å². The summed E-state index contributed by atoms with van der Waals surface area (Å²) < 4.78 is 5.18. The normalized spacial score (nSPS) is 20.5. The molecular weight excluding hydrogens is 318 g/mol. The molecule has 2 aromatic rings. The van der Waals surface area contributed by atoms with Crippen LogP contribution in [0, 0.1) is 0 Å². The zero-order chi connectivity index (χ0) is 18.0. The topological polar surface area (TPSA) is 66.8 Å². The summed E-state index contributed by atoms with van der Waals surface area (Å²) in [7, 11) is 0. The van der Waals surface area contributed by atoms with Gasteiger partial charge in [0.05, 0.1) is 0 Å². The molecule has 1 amide bonds. The summed E-state index contributed by atoms with van der Waals surface area (Å²) in [5.41, 5.74) is 0.0752. The van der Waals surface area contributed by atoms with E-state index in [0.29, 0.717) is 5.39 Å². The maximum absolute atomic E-state index is 12.4. The monoisotopic (exact) mass is 341 g/mol. The van der Waals surface area contributed by atoms with Gasteiger partial charge in [0, 0.05) is 17.5 Å². The van der Waals surface area contributed by atoms with Crippen LogP contribution in [0.2, 0.25) is 0 Å². The molecule has 5 heteroatoms. The average Bonchev–Trinajstić information content (AvgIpc) is 2.60. The number of hydrogen-bond acceptors (Lipinski definition) is 4. The number of esters is 1. The van der Waals surface area contributed by atoms with Gasteiger partial charge < -0.3 is 14.7 Å². The average molecular weight is 341 g/mol. The Morgan fingerprint density at radius 3 is 2.52 bits per heavy atom. The van der Waals surface area contributed by atoms with Gasteiger partial charge in [0.25, 0.3) is 5.91 Å². The molecule has 3 rings (SSSR count). The molecule has 2 aromatic carbocycles. The van der Waals surface area contributed by atoms with Gasteiger partial charge in [0.1, 0.15) is 11.3 Å². The molecule has 0 spiro atoms. The molecule has 1 fully saturated rings. The lowest BCUT2D eigenvalue weighted by molar-refractivity contribution is -0.140. The van der Waals surface area contributed by atoms with Crippen LogP contribution in [0.4, 0.5) is 0 Å². The molecule has 1 saturated heterocycles. The van der Waals surface area contributed by atoms with Crippen molar-refractivity contribution in [2.75, 3.05) is 6.61 Å². The first-order valence-electron chi connectivity index (χ1n) is 8.68. The van der Waals surface area contributed by atoms with Crippen LogP contribution >= 0.6 is 0 Å². The highest BCUT2D eigenvalue weighted by atomic mass is 16.5. The Bertz CT molecular complexity index is 791. The maximum atomic E-state index is 12.4. The van der Waals surface area contributed by atoms with Crippen LogP contribution in [0.1, 0.15) is 43.5 Å². The molecule has 0 bridgehead atoms. The first-order valence-corrected chi connectivity index (χ1v) is 8.68. The molecule has 132 valence electrons. The van der Waals surface area contributed by atoms with E-state index < -0.39 is 5.97 Å². The maximum Gasteiger partial charge on any atom is 0.342 e. The molecule has 1 heterocycles. The number of phenolic OH excluding ortho intramolecular Hbond substituents is 1. The number of carbonyl (C=O) groups is 2. The Balaban J connectivity index is 1.70. The van der Waals surface area contributed by atoms with Crippen molar-refractivity contribution in [2.45, 2.75) is 45.2 Å². The SMILES string of the molecule is C[C@@H]1CCC[C@H](C)N1C(=O)COC(=O)c1ccc2ccccc2c1O. The van der Waals surface area contributed by atoms with Gasteiger partial charge in [-0.3, -0.25) is 4.79 Å². The van der Waals surface area contributed by atoms with Crippen LogP contribution in [-0.2, 0) is 9.53 Å².